The topological polar surface area (TPSA) is 69.9 Å². The van der Waals surface area contributed by atoms with Gasteiger partial charge in [0.05, 0.1) is 18.2 Å². The van der Waals surface area contributed by atoms with Crippen molar-refractivity contribution in [1.82, 2.24) is 14.9 Å². The molecule has 0 aliphatic carbocycles. The van der Waals surface area contributed by atoms with E-state index >= 15 is 0 Å². The highest BCUT2D eigenvalue weighted by Gasteiger charge is 2.09. The van der Waals surface area contributed by atoms with Gasteiger partial charge in [0, 0.05) is 25.5 Å². The van der Waals surface area contributed by atoms with Crippen molar-refractivity contribution in [2.75, 3.05) is 19.3 Å². The van der Waals surface area contributed by atoms with Crippen molar-refractivity contribution in [2.45, 2.75) is 18.5 Å². The maximum Gasteiger partial charge on any atom is 0.232 e. The lowest BCUT2D eigenvalue weighted by Gasteiger charge is -2.14. The van der Waals surface area contributed by atoms with Gasteiger partial charge in [-0.25, -0.2) is 9.97 Å². The summed E-state index contributed by atoms with van der Waals surface area (Å²) in [6.07, 6.45) is 2.03. The van der Waals surface area contributed by atoms with Crippen molar-refractivity contribution in [3.63, 3.8) is 0 Å². The summed E-state index contributed by atoms with van der Waals surface area (Å²) in [5.41, 5.74) is 0.882. The molecule has 0 unspecified atom stereocenters. The maximum absolute atomic E-state index is 11.6. The number of hydrogen-bond donors (Lipinski definition) is 0. The zero-order chi connectivity index (χ0) is 12.7. The lowest BCUT2D eigenvalue weighted by Crippen LogP contribution is -2.29. The minimum absolute atomic E-state index is 0.0182. The van der Waals surface area contributed by atoms with Crippen LogP contribution in [0.2, 0.25) is 0 Å². The average Bonchev–Trinajstić information content (AvgIpc) is 2.33. The van der Waals surface area contributed by atoms with Gasteiger partial charge in [0.25, 0.3) is 0 Å². The Morgan fingerprint density at radius 1 is 1.65 bits per heavy atom. The first-order chi connectivity index (χ1) is 8.13. The third-order valence-corrected chi connectivity index (χ3v) is 2.93. The van der Waals surface area contributed by atoms with Gasteiger partial charge >= 0.3 is 0 Å². The average molecular weight is 250 g/mol. The third-order valence-electron chi connectivity index (χ3n) is 2.08. The molecule has 17 heavy (non-hydrogen) atoms. The summed E-state index contributed by atoms with van der Waals surface area (Å²) < 4.78 is 0. The molecule has 0 radical (unpaired) electrons. The molecule has 0 saturated carbocycles. The Morgan fingerprint density at radius 2 is 2.41 bits per heavy atom. The molecule has 1 aromatic rings. The molecule has 1 amide bonds. The fourth-order valence-corrected chi connectivity index (χ4v) is 1.89. The maximum atomic E-state index is 11.6. The van der Waals surface area contributed by atoms with Crippen LogP contribution in [0.25, 0.3) is 0 Å². The van der Waals surface area contributed by atoms with Gasteiger partial charge in [-0.1, -0.05) is 11.8 Å². The molecular formula is C11H14N4OS. The molecule has 0 spiro atoms. The molecule has 6 heteroatoms. The summed E-state index contributed by atoms with van der Waals surface area (Å²) in [4.78, 5) is 21.5. The minimum Gasteiger partial charge on any atom is -0.344 e. The standard InChI is InChI=1S/C11H14N4OS/c1-9-4-6-13-11(14-9)17-8-10(16)15(2)7-3-5-12/h4,6H,3,7-8H2,1-2H3. The van der Waals surface area contributed by atoms with E-state index in [1.54, 1.807) is 18.1 Å². The van der Waals surface area contributed by atoms with Crippen molar-refractivity contribution in [2.24, 2.45) is 0 Å². The predicted octanol–water partition coefficient (Wildman–Crippen LogP) is 1.25. The molecule has 1 aromatic heterocycles. The minimum atomic E-state index is -0.0182. The molecule has 1 heterocycles. The van der Waals surface area contributed by atoms with Crippen molar-refractivity contribution in [1.29, 1.82) is 5.26 Å². The van der Waals surface area contributed by atoms with Crippen molar-refractivity contribution >= 4 is 17.7 Å². The zero-order valence-electron chi connectivity index (χ0n) is 9.88. The van der Waals surface area contributed by atoms with Gasteiger partial charge in [0.2, 0.25) is 5.91 Å². The molecular weight excluding hydrogens is 236 g/mol. The van der Waals surface area contributed by atoms with Crippen molar-refractivity contribution < 1.29 is 4.79 Å². The number of carbonyl (C=O) groups is 1. The fourth-order valence-electron chi connectivity index (χ4n) is 1.07. The first-order valence-corrected chi connectivity index (χ1v) is 6.15. The molecule has 0 aliphatic rings. The van der Waals surface area contributed by atoms with Crippen LogP contribution in [-0.4, -0.2) is 40.1 Å². The summed E-state index contributed by atoms with van der Waals surface area (Å²) in [5.74, 6) is 0.279. The Kier molecular flexibility index (Phi) is 5.43. The number of nitrogens with zero attached hydrogens (tertiary/aromatic N) is 4. The molecule has 90 valence electrons. The second-order valence-electron chi connectivity index (χ2n) is 3.49. The Balaban J connectivity index is 2.40. The molecule has 0 fully saturated rings. The highest BCUT2D eigenvalue weighted by molar-refractivity contribution is 7.99. The van der Waals surface area contributed by atoms with E-state index in [2.05, 4.69) is 9.97 Å². The van der Waals surface area contributed by atoms with Crippen LogP contribution in [0.5, 0.6) is 0 Å². The number of aromatic nitrogens is 2. The van der Waals surface area contributed by atoms with Gasteiger partial charge in [-0.05, 0) is 13.0 Å². The van der Waals surface area contributed by atoms with Crippen LogP contribution in [-0.2, 0) is 4.79 Å². The number of amides is 1. The first kappa shape index (κ1) is 13.5. The third kappa shape index (κ3) is 4.83. The van der Waals surface area contributed by atoms with Crippen molar-refractivity contribution in [3.05, 3.63) is 18.0 Å². The fraction of sp³-hybridized carbons (Fsp3) is 0.455. The van der Waals surface area contributed by atoms with Crippen LogP contribution in [0.4, 0.5) is 0 Å². The number of thioether (sulfide) groups is 1. The van der Waals surface area contributed by atoms with Crippen LogP contribution < -0.4 is 0 Å². The van der Waals surface area contributed by atoms with E-state index in [1.807, 2.05) is 19.1 Å². The summed E-state index contributed by atoms with van der Waals surface area (Å²) in [6, 6.07) is 3.82. The predicted molar refractivity (Wildman–Crippen MR) is 65.4 cm³/mol. The van der Waals surface area contributed by atoms with E-state index in [0.29, 0.717) is 23.9 Å². The van der Waals surface area contributed by atoms with Gasteiger partial charge < -0.3 is 4.90 Å². The largest absolute Gasteiger partial charge is 0.344 e. The Hall–Kier alpha value is -1.61. The zero-order valence-corrected chi connectivity index (χ0v) is 10.7. The van der Waals surface area contributed by atoms with Gasteiger partial charge in [-0.15, -0.1) is 0 Å². The molecule has 0 aromatic carbocycles. The molecule has 0 aliphatic heterocycles. The van der Waals surface area contributed by atoms with Crippen LogP contribution in [0.3, 0.4) is 0 Å². The number of hydrogen-bond acceptors (Lipinski definition) is 5. The molecule has 0 atom stereocenters. The van der Waals surface area contributed by atoms with E-state index in [4.69, 9.17) is 5.26 Å². The summed E-state index contributed by atoms with van der Waals surface area (Å²) in [7, 11) is 1.69. The number of aryl methyl sites for hydroxylation is 1. The van der Waals surface area contributed by atoms with Gasteiger partial charge in [-0.3, -0.25) is 4.79 Å². The first-order valence-electron chi connectivity index (χ1n) is 5.17. The smallest absolute Gasteiger partial charge is 0.232 e. The highest BCUT2D eigenvalue weighted by Crippen LogP contribution is 2.12. The van der Waals surface area contributed by atoms with E-state index in [9.17, 15) is 4.79 Å². The van der Waals surface area contributed by atoms with E-state index in [-0.39, 0.29) is 5.91 Å². The second kappa shape index (κ2) is 6.86. The summed E-state index contributed by atoms with van der Waals surface area (Å²) >= 11 is 1.31. The van der Waals surface area contributed by atoms with E-state index < -0.39 is 0 Å². The lowest BCUT2D eigenvalue weighted by atomic mass is 10.4. The molecule has 0 bridgehead atoms. The van der Waals surface area contributed by atoms with Gasteiger partial charge in [0.15, 0.2) is 5.16 Å². The van der Waals surface area contributed by atoms with Gasteiger partial charge in [-0.2, -0.15) is 5.26 Å². The number of carbonyl (C=O) groups excluding carboxylic acids is 1. The SMILES string of the molecule is Cc1ccnc(SCC(=O)N(C)CCC#N)n1. The Morgan fingerprint density at radius 3 is 3.06 bits per heavy atom. The van der Waals surface area contributed by atoms with Crippen molar-refractivity contribution in [3.8, 4) is 6.07 Å². The van der Waals surface area contributed by atoms with Crippen LogP contribution in [0, 0.1) is 18.3 Å². The second-order valence-corrected chi connectivity index (χ2v) is 4.44. The summed E-state index contributed by atoms with van der Waals surface area (Å²) in [6.45, 7) is 2.34. The number of rotatable bonds is 5. The number of nitriles is 1. The van der Waals surface area contributed by atoms with Gasteiger partial charge in [0.1, 0.15) is 0 Å². The normalized spacial score (nSPS) is 9.71. The lowest BCUT2D eigenvalue weighted by molar-refractivity contribution is -0.127. The highest BCUT2D eigenvalue weighted by atomic mass is 32.2. The Labute approximate surface area is 105 Å². The van der Waals surface area contributed by atoms with Crippen LogP contribution in [0.1, 0.15) is 12.1 Å². The van der Waals surface area contributed by atoms with Crippen LogP contribution in [0.15, 0.2) is 17.4 Å². The molecule has 0 saturated heterocycles. The van der Waals surface area contributed by atoms with E-state index in [1.165, 1.54) is 11.8 Å². The quantitative estimate of drug-likeness (QED) is 0.581. The van der Waals surface area contributed by atoms with E-state index in [0.717, 1.165) is 5.69 Å². The summed E-state index contributed by atoms with van der Waals surface area (Å²) in [5, 5.41) is 9.03. The molecule has 0 N–H and O–H groups in total. The Bertz CT molecular complexity index is 430. The molecule has 1 rings (SSSR count). The monoisotopic (exact) mass is 250 g/mol. The van der Waals surface area contributed by atoms with Crippen LogP contribution >= 0.6 is 11.8 Å². The molecule has 5 nitrogen and oxygen atoms in total.